The minimum Gasteiger partial charge on any atom is -0.492 e. The van der Waals surface area contributed by atoms with Gasteiger partial charge in [-0.05, 0) is 35.4 Å². The molecule has 0 aliphatic rings. The van der Waals surface area contributed by atoms with Crippen LogP contribution in [0.15, 0.2) is 36.4 Å². The van der Waals surface area contributed by atoms with Gasteiger partial charge < -0.3 is 19.7 Å². The van der Waals surface area contributed by atoms with E-state index >= 15 is 0 Å². The molecule has 0 aliphatic carbocycles. The van der Waals surface area contributed by atoms with E-state index in [9.17, 15) is 5.11 Å². The van der Waals surface area contributed by atoms with Gasteiger partial charge in [-0.1, -0.05) is 56.1 Å². The van der Waals surface area contributed by atoms with Gasteiger partial charge in [-0.3, -0.25) is 0 Å². The van der Waals surface area contributed by atoms with Gasteiger partial charge in [0.2, 0.25) is 0 Å². The summed E-state index contributed by atoms with van der Waals surface area (Å²) in [5.74, 6) is 1.86. The lowest BCUT2D eigenvalue weighted by Gasteiger charge is -2.27. The summed E-state index contributed by atoms with van der Waals surface area (Å²) in [7, 11) is 0. The zero-order valence-corrected chi connectivity index (χ0v) is 19.1. The van der Waals surface area contributed by atoms with Crippen LogP contribution in [0, 0.1) is 5.92 Å². The van der Waals surface area contributed by atoms with Crippen LogP contribution in [0.4, 0.5) is 0 Å². The second-order valence-corrected chi connectivity index (χ2v) is 8.76. The molecule has 0 aliphatic heterocycles. The van der Waals surface area contributed by atoms with Crippen LogP contribution in [0.3, 0.4) is 0 Å². The van der Waals surface area contributed by atoms with Crippen LogP contribution in [0.1, 0.15) is 31.9 Å². The molecule has 0 radical (unpaired) electrons. The summed E-state index contributed by atoms with van der Waals surface area (Å²) in [6.07, 6.45) is -0.947. The maximum absolute atomic E-state index is 9.43. The summed E-state index contributed by atoms with van der Waals surface area (Å²) >= 11 is 18.6. The van der Waals surface area contributed by atoms with E-state index in [-0.39, 0.29) is 24.5 Å². The number of halogens is 3. The van der Waals surface area contributed by atoms with E-state index in [4.69, 9.17) is 49.4 Å². The van der Waals surface area contributed by atoms with Crippen molar-refractivity contribution in [3.8, 4) is 11.5 Å². The predicted molar refractivity (Wildman–Crippen MR) is 119 cm³/mol. The standard InChI is InChI=1S/C22H27Cl3O4/c1-14(10-23)12-28-20-6-4-15(8-18(20)24)22(2,3)16-5-7-21(19(25)9-16)29-13-17(27)11-26/h4-9,14,17,26-27H,10-13H2,1-3H3/t14-,17+/m0/s1. The number of benzene rings is 2. The molecule has 2 N–H and O–H groups in total. The summed E-state index contributed by atoms with van der Waals surface area (Å²) in [6.45, 7) is 6.29. The summed E-state index contributed by atoms with van der Waals surface area (Å²) in [4.78, 5) is 0. The number of aliphatic hydroxyl groups is 2. The van der Waals surface area contributed by atoms with Crippen LogP contribution in [0.2, 0.25) is 10.0 Å². The Labute approximate surface area is 187 Å². The van der Waals surface area contributed by atoms with Crippen LogP contribution in [-0.2, 0) is 5.41 Å². The second-order valence-electron chi connectivity index (χ2n) is 7.63. The highest BCUT2D eigenvalue weighted by Crippen LogP contribution is 2.38. The van der Waals surface area contributed by atoms with Gasteiger partial charge in [0.25, 0.3) is 0 Å². The van der Waals surface area contributed by atoms with E-state index in [2.05, 4.69) is 13.8 Å². The molecular formula is C22H27Cl3O4. The van der Waals surface area contributed by atoms with E-state index in [1.165, 1.54) is 0 Å². The topological polar surface area (TPSA) is 58.9 Å². The Morgan fingerprint density at radius 3 is 1.83 bits per heavy atom. The number of alkyl halides is 1. The molecule has 0 aromatic heterocycles. The van der Waals surface area contributed by atoms with Gasteiger partial charge in [-0.25, -0.2) is 0 Å². The maximum atomic E-state index is 9.43. The Morgan fingerprint density at radius 2 is 1.41 bits per heavy atom. The molecule has 7 heteroatoms. The first-order valence-corrected chi connectivity index (χ1v) is 10.7. The average Bonchev–Trinajstić information content (AvgIpc) is 2.71. The molecule has 0 saturated carbocycles. The summed E-state index contributed by atoms with van der Waals surface area (Å²) < 4.78 is 11.2. The van der Waals surface area contributed by atoms with Gasteiger partial charge in [-0.15, -0.1) is 11.6 Å². The third-order valence-electron chi connectivity index (χ3n) is 4.74. The molecule has 0 unspecified atom stereocenters. The molecular weight excluding hydrogens is 435 g/mol. The van der Waals surface area contributed by atoms with Crippen molar-refractivity contribution in [3.05, 3.63) is 57.6 Å². The van der Waals surface area contributed by atoms with Crippen LogP contribution in [0.25, 0.3) is 0 Å². The first-order valence-electron chi connectivity index (χ1n) is 9.39. The normalized spacial score (nSPS) is 13.8. The number of hydrogen-bond acceptors (Lipinski definition) is 4. The molecule has 2 aromatic rings. The highest BCUT2D eigenvalue weighted by Gasteiger charge is 2.25. The highest BCUT2D eigenvalue weighted by molar-refractivity contribution is 6.32. The van der Waals surface area contributed by atoms with Crippen molar-refractivity contribution in [3.63, 3.8) is 0 Å². The molecule has 160 valence electrons. The van der Waals surface area contributed by atoms with Crippen molar-refractivity contribution in [1.82, 2.24) is 0 Å². The van der Waals surface area contributed by atoms with Crippen LogP contribution < -0.4 is 9.47 Å². The van der Waals surface area contributed by atoms with Crippen molar-refractivity contribution in [2.24, 2.45) is 5.92 Å². The van der Waals surface area contributed by atoms with Gasteiger partial charge in [0.15, 0.2) is 0 Å². The average molecular weight is 462 g/mol. The summed E-state index contributed by atoms with van der Waals surface area (Å²) in [5, 5.41) is 19.3. The summed E-state index contributed by atoms with van der Waals surface area (Å²) in [5.41, 5.74) is 1.64. The number of hydrogen-bond donors (Lipinski definition) is 2. The SMILES string of the molecule is C[C@@H](CCl)COc1ccc(C(C)(C)c2ccc(OC[C@H](O)CO)c(Cl)c2)cc1Cl. The van der Waals surface area contributed by atoms with Gasteiger partial charge in [-0.2, -0.15) is 0 Å². The first kappa shape index (κ1) is 24.1. The zero-order chi connectivity index (χ0) is 21.6. The largest absolute Gasteiger partial charge is 0.492 e. The van der Waals surface area contributed by atoms with E-state index in [1.807, 2.05) is 37.3 Å². The second kappa shape index (κ2) is 10.7. The fourth-order valence-electron chi connectivity index (χ4n) is 2.70. The van der Waals surface area contributed by atoms with Crippen molar-refractivity contribution < 1.29 is 19.7 Å². The Bertz CT molecular complexity index is 745. The molecule has 2 rings (SSSR count). The molecule has 0 heterocycles. The smallest absolute Gasteiger partial charge is 0.138 e. The Hall–Kier alpha value is -1.17. The van der Waals surface area contributed by atoms with Crippen LogP contribution in [0.5, 0.6) is 11.5 Å². The third-order valence-corrected chi connectivity index (χ3v) is 5.85. The molecule has 2 aromatic carbocycles. The molecule has 0 bridgehead atoms. The Morgan fingerprint density at radius 1 is 0.931 bits per heavy atom. The molecule has 0 spiro atoms. The number of ether oxygens (including phenoxy) is 2. The molecule has 0 saturated heterocycles. The van der Waals surface area contributed by atoms with Crippen LogP contribution in [-0.4, -0.2) is 42.0 Å². The van der Waals surface area contributed by atoms with Gasteiger partial charge in [0.1, 0.15) is 24.2 Å². The molecule has 2 atom stereocenters. The van der Waals surface area contributed by atoms with E-state index in [0.717, 1.165) is 11.1 Å². The Balaban J connectivity index is 2.19. The van der Waals surface area contributed by atoms with E-state index < -0.39 is 6.10 Å². The third kappa shape index (κ3) is 6.40. The minimum atomic E-state index is -0.947. The first-order chi connectivity index (χ1) is 13.7. The van der Waals surface area contributed by atoms with E-state index in [0.29, 0.717) is 34.0 Å². The highest BCUT2D eigenvalue weighted by atomic mass is 35.5. The molecule has 0 fully saturated rings. The quantitative estimate of drug-likeness (QED) is 0.471. The maximum Gasteiger partial charge on any atom is 0.138 e. The van der Waals surface area contributed by atoms with Gasteiger partial charge in [0.05, 0.1) is 23.3 Å². The predicted octanol–water partition coefficient (Wildman–Crippen LogP) is 5.31. The van der Waals surface area contributed by atoms with Gasteiger partial charge >= 0.3 is 0 Å². The Kier molecular flexibility index (Phi) is 8.92. The lowest BCUT2D eigenvalue weighted by molar-refractivity contribution is 0.0536. The zero-order valence-electron chi connectivity index (χ0n) is 16.8. The summed E-state index contributed by atoms with van der Waals surface area (Å²) in [6, 6.07) is 11.3. The fourth-order valence-corrected chi connectivity index (χ4v) is 3.25. The minimum absolute atomic E-state index is 0.0294. The van der Waals surface area contributed by atoms with Gasteiger partial charge in [0, 0.05) is 17.2 Å². The monoisotopic (exact) mass is 460 g/mol. The van der Waals surface area contributed by atoms with Crippen molar-refractivity contribution in [2.75, 3.05) is 25.7 Å². The van der Waals surface area contributed by atoms with Crippen molar-refractivity contribution >= 4 is 34.8 Å². The van der Waals surface area contributed by atoms with Crippen LogP contribution >= 0.6 is 34.8 Å². The fraction of sp³-hybridized carbons (Fsp3) is 0.455. The lowest BCUT2D eigenvalue weighted by Crippen LogP contribution is -2.22. The van der Waals surface area contributed by atoms with Crippen molar-refractivity contribution in [1.29, 1.82) is 0 Å². The molecule has 29 heavy (non-hydrogen) atoms. The lowest BCUT2D eigenvalue weighted by atomic mass is 9.78. The molecule has 0 amide bonds. The van der Waals surface area contributed by atoms with E-state index in [1.54, 1.807) is 6.07 Å². The number of aliphatic hydroxyl groups excluding tert-OH is 2. The number of rotatable bonds is 10. The molecule has 4 nitrogen and oxygen atoms in total. The van der Waals surface area contributed by atoms with Crippen molar-refractivity contribution in [2.45, 2.75) is 32.3 Å².